The van der Waals surface area contributed by atoms with Crippen LogP contribution >= 0.6 is 0 Å². The van der Waals surface area contributed by atoms with E-state index < -0.39 is 0 Å². The molecule has 0 spiro atoms. The van der Waals surface area contributed by atoms with Crippen LogP contribution in [0.25, 0.3) is 0 Å². The lowest BCUT2D eigenvalue weighted by molar-refractivity contribution is 0.106. The Balaban J connectivity index is 1.60. The highest BCUT2D eigenvalue weighted by atomic mass is 16.3. The number of rotatable bonds is 5. The summed E-state index contributed by atoms with van der Waals surface area (Å²) in [5.74, 6) is 0.880. The summed E-state index contributed by atoms with van der Waals surface area (Å²) in [7, 11) is 0. The van der Waals surface area contributed by atoms with Crippen molar-refractivity contribution in [3.63, 3.8) is 0 Å². The Kier molecular flexibility index (Phi) is 5.45. The Hall–Kier alpha value is -1.84. The number of hydrogen-bond acceptors (Lipinski definition) is 3. The van der Waals surface area contributed by atoms with Crippen molar-refractivity contribution in [3.05, 3.63) is 65.7 Å². The molecule has 1 aliphatic heterocycles. The molecule has 2 aromatic carbocycles. The van der Waals surface area contributed by atoms with E-state index in [-0.39, 0.29) is 11.5 Å². The fraction of sp³-hybridized carbons (Fsp3) is 0.455. The molecule has 3 atom stereocenters. The molecule has 0 radical (unpaired) electrons. The van der Waals surface area contributed by atoms with Gasteiger partial charge in [-0.1, -0.05) is 56.3 Å². The van der Waals surface area contributed by atoms with Crippen molar-refractivity contribution < 1.29 is 5.11 Å². The van der Waals surface area contributed by atoms with Crippen molar-refractivity contribution in [2.45, 2.75) is 38.1 Å². The van der Waals surface area contributed by atoms with E-state index in [1.165, 1.54) is 11.1 Å². The van der Waals surface area contributed by atoms with Gasteiger partial charge in [-0.05, 0) is 54.0 Å². The lowest BCUT2D eigenvalue weighted by atomic mass is 9.68. The first-order chi connectivity index (χ1) is 12.0. The highest BCUT2D eigenvalue weighted by Crippen LogP contribution is 2.40. The summed E-state index contributed by atoms with van der Waals surface area (Å²) in [6, 6.07) is 18.4. The molecule has 3 unspecified atom stereocenters. The molecule has 3 nitrogen and oxygen atoms in total. The van der Waals surface area contributed by atoms with Crippen molar-refractivity contribution in [1.82, 2.24) is 4.90 Å². The topological polar surface area (TPSA) is 49.5 Å². The van der Waals surface area contributed by atoms with Gasteiger partial charge in [0.25, 0.3) is 0 Å². The summed E-state index contributed by atoms with van der Waals surface area (Å²) >= 11 is 0. The molecular weight excluding hydrogens is 308 g/mol. The van der Waals surface area contributed by atoms with Gasteiger partial charge < -0.3 is 15.7 Å². The molecule has 1 saturated heterocycles. The first-order valence-electron chi connectivity index (χ1n) is 9.29. The van der Waals surface area contributed by atoms with Gasteiger partial charge in [-0.2, -0.15) is 0 Å². The standard InChI is InChI=1S/C22H30N2O/c1-17-15-24(16-20(23)13-18-7-4-3-5-8-18)12-11-22(17,2)19-9-6-10-21(25)14-19/h3-10,14,17,20,25H,11-13,15-16,23H2,1-2H3. The minimum absolute atomic E-state index is 0.110. The Morgan fingerprint density at radius 3 is 2.64 bits per heavy atom. The molecule has 0 amide bonds. The molecule has 3 rings (SSSR count). The first kappa shape index (κ1) is 18.0. The molecule has 25 heavy (non-hydrogen) atoms. The minimum Gasteiger partial charge on any atom is -0.508 e. The second-order valence-electron chi connectivity index (χ2n) is 7.83. The number of nitrogens with two attached hydrogens (primary N) is 1. The van der Waals surface area contributed by atoms with E-state index >= 15 is 0 Å². The SMILES string of the molecule is CC1CN(CC(N)Cc2ccccc2)CCC1(C)c1cccc(O)c1. The molecule has 0 bridgehead atoms. The zero-order valence-electron chi connectivity index (χ0n) is 15.4. The van der Waals surface area contributed by atoms with E-state index in [9.17, 15) is 5.11 Å². The van der Waals surface area contributed by atoms with Crippen LogP contribution in [0.4, 0.5) is 0 Å². The molecule has 3 N–H and O–H groups in total. The highest BCUT2D eigenvalue weighted by Gasteiger charge is 2.38. The van der Waals surface area contributed by atoms with Crippen LogP contribution in [-0.2, 0) is 11.8 Å². The Morgan fingerprint density at radius 1 is 1.20 bits per heavy atom. The summed E-state index contributed by atoms with van der Waals surface area (Å²) in [5.41, 5.74) is 9.07. The van der Waals surface area contributed by atoms with E-state index in [1.54, 1.807) is 6.07 Å². The second-order valence-corrected chi connectivity index (χ2v) is 7.83. The van der Waals surface area contributed by atoms with Gasteiger partial charge in [0.2, 0.25) is 0 Å². The van der Waals surface area contributed by atoms with Crippen molar-refractivity contribution in [2.24, 2.45) is 11.7 Å². The van der Waals surface area contributed by atoms with Crippen LogP contribution in [0.5, 0.6) is 5.75 Å². The summed E-state index contributed by atoms with van der Waals surface area (Å²) in [6.07, 6.45) is 2.02. The monoisotopic (exact) mass is 338 g/mol. The van der Waals surface area contributed by atoms with Gasteiger partial charge in [-0.25, -0.2) is 0 Å². The lowest BCUT2D eigenvalue weighted by Gasteiger charge is -2.45. The molecule has 134 valence electrons. The third-order valence-corrected chi connectivity index (χ3v) is 5.91. The summed E-state index contributed by atoms with van der Waals surface area (Å²) in [4.78, 5) is 2.50. The smallest absolute Gasteiger partial charge is 0.115 e. The van der Waals surface area contributed by atoms with Gasteiger partial charge in [-0.15, -0.1) is 0 Å². The van der Waals surface area contributed by atoms with Gasteiger partial charge in [0.15, 0.2) is 0 Å². The van der Waals surface area contributed by atoms with Crippen LogP contribution in [0, 0.1) is 5.92 Å². The largest absolute Gasteiger partial charge is 0.508 e. The quantitative estimate of drug-likeness (QED) is 0.876. The predicted molar refractivity (Wildman–Crippen MR) is 104 cm³/mol. The number of phenolic OH excluding ortho intramolecular Hbond substituents is 1. The maximum atomic E-state index is 9.83. The number of phenols is 1. The fourth-order valence-corrected chi connectivity index (χ4v) is 4.09. The van der Waals surface area contributed by atoms with Crippen LogP contribution in [-0.4, -0.2) is 35.7 Å². The normalized spacial score (nSPS) is 25.6. The first-order valence-corrected chi connectivity index (χ1v) is 9.29. The van der Waals surface area contributed by atoms with Crippen molar-refractivity contribution >= 4 is 0 Å². The molecule has 3 heteroatoms. The van der Waals surface area contributed by atoms with Crippen LogP contribution < -0.4 is 5.73 Å². The van der Waals surface area contributed by atoms with Crippen LogP contribution in [0.1, 0.15) is 31.4 Å². The Morgan fingerprint density at radius 2 is 1.96 bits per heavy atom. The number of aromatic hydroxyl groups is 1. The fourth-order valence-electron chi connectivity index (χ4n) is 4.09. The van der Waals surface area contributed by atoms with E-state index in [1.807, 2.05) is 18.2 Å². The van der Waals surface area contributed by atoms with E-state index in [4.69, 9.17) is 5.73 Å². The summed E-state index contributed by atoms with van der Waals surface area (Å²) in [5, 5.41) is 9.83. The molecule has 1 fully saturated rings. The third kappa shape index (κ3) is 4.23. The second kappa shape index (κ2) is 7.59. The van der Waals surface area contributed by atoms with E-state index in [0.29, 0.717) is 11.7 Å². The highest BCUT2D eigenvalue weighted by molar-refractivity contribution is 5.33. The average Bonchev–Trinajstić information content (AvgIpc) is 2.59. The van der Waals surface area contributed by atoms with Crippen LogP contribution in [0.3, 0.4) is 0 Å². The minimum atomic E-state index is 0.110. The molecule has 2 aromatic rings. The van der Waals surface area contributed by atoms with Crippen LogP contribution in [0.2, 0.25) is 0 Å². The number of benzene rings is 2. The average molecular weight is 338 g/mol. The van der Waals surface area contributed by atoms with Gasteiger partial charge in [0, 0.05) is 19.1 Å². The van der Waals surface area contributed by atoms with Crippen molar-refractivity contribution in [3.8, 4) is 5.75 Å². The molecule has 0 saturated carbocycles. The number of nitrogens with zero attached hydrogens (tertiary/aromatic N) is 1. The van der Waals surface area contributed by atoms with Crippen LogP contribution in [0.15, 0.2) is 54.6 Å². The third-order valence-electron chi connectivity index (χ3n) is 5.91. The summed E-state index contributed by atoms with van der Waals surface area (Å²) < 4.78 is 0. The molecule has 1 aliphatic rings. The maximum absolute atomic E-state index is 9.83. The Labute approximate surface area is 151 Å². The molecular formula is C22H30N2O. The lowest BCUT2D eigenvalue weighted by Crippen LogP contribution is -2.50. The Bertz CT molecular complexity index is 687. The summed E-state index contributed by atoms with van der Waals surface area (Å²) in [6.45, 7) is 7.69. The van der Waals surface area contributed by atoms with E-state index in [0.717, 1.165) is 32.5 Å². The van der Waals surface area contributed by atoms with Gasteiger partial charge >= 0.3 is 0 Å². The van der Waals surface area contributed by atoms with Gasteiger partial charge in [0.05, 0.1) is 0 Å². The molecule has 1 heterocycles. The van der Waals surface area contributed by atoms with E-state index in [2.05, 4.69) is 49.1 Å². The number of hydrogen-bond donors (Lipinski definition) is 2. The van der Waals surface area contributed by atoms with Gasteiger partial charge in [0.1, 0.15) is 5.75 Å². The van der Waals surface area contributed by atoms with Gasteiger partial charge in [-0.3, -0.25) is 0 Å². The zero-order valence-corrected chi connectivity index (χ0v) is 15.4. The number of likely N-dealkylation sites (tertiary alicyclic amines) is 1. The molecule has 0 aliphatic carbocycles. The molecule has 0 aromatic heterocycles. The predicted octanol–water partition coefficient (Wildman–Crippen LogP) is 3.56. The number of piperidine rings is 1. The zero-order chi connectivity index (χ0) is 17.9. The van der Waals surface area contributed by atoms with Crippen molar-refractivity contribution in [2.75, 3.05) is 19.6 Å². The van der Waals surface area contributed by atoms with Crippen molar-refractivity contribution in [1.29, 1.82) is 0 Å². The maximum Gasteiger partial charge on any atom is 0.115 e.